The molecule has 2 atom stereocenters. The highest BCUT2D eigenvalue weighted by atomic mass is 16.5. The van der Waals surface area contributed by atoms with Crippen LogP contribution in [0.4, 0.5) is 0 Å². The van der Waals surface area contributed by atoms with Crippen LogP contribution >= 0.6 is 0 Å². The van der Waals surface area contributed by atoms with E-state index in [2.05, 4.69) is 9.88 Å². The number of methoxy groups -OCH3 is 2. The molecule has 6 nitrogen and oxygen atoms in total. The first-order valence-electron chi connectivity index (χ1n) is 8.88. The van der Waals surface area contributed by atoms with Gasteiger partial charge in [0, 0.05) is 31.5 Å². The molecule has 134 valence electrons. The second kappa shape index (κ2) is 8.14. The van der Waals surface area contributed by atoms with Gasteiger partial charge in [-0.05, 0) is 44.7 Å². The van der Waals surface area contributed by atoms with Crippen molar-refractivity contribution < 1.29 is 14.2 Å². The van der Waals surface area contributed by atoms with Crippen molar-refractivity contribution in [3.8, 4) is 11.5 Å². The normalized spacial score (nSPS) is 26.3. The lowest BCUT2D eigenvalue weighted by molar-refractivity contribution is -0.0503. The molecule has 0 aliphatic carbocycles. The summed E-state index contributed by atoms with van der Waals surface area (Å²) in [5.74, 6) is 2.05. The van der Waals surface area contributed by atoms with Crippen LogP contribution in [0.5, 0.6) is 11.5 Å². The summed E-state index contributed by atoms with van der Waals surface area (Å²) in [5, 5.41) is 0. The maximum absolute atomic E-state index is 6.26. The van der Waals surface area contributed by atoms with Gasteiger partial charge in [0.1, 0.15) is 5.69 Å². The first-order chi connectivity index (χ1) is 11.7. The van der Waals surface area contributed by atoms with E-state index in [0.717, 1.165) is 69.1 Å². The summed E-state index contributed by atoms with van der Waals surface area (Å²) in [6.45, 7) is 3.73. The summed E-state index contributed by atoms with van der Waals surface area (Å²) < 4.78 is 16.8. The van der Waals surface area contributed by atoms with Gasteiger partial charge >= 0.3 is 0 Å². The van der Waals surface area contributed by atoms with Crippen molar-refractivity contribution in [2.45, 2.75) is 44.4 Å². The van der Waals surface area contributed by atoms with Crippen LogP contribution in [0.25, 0.3) is 0 Å². The van der Waals surface area contributed by atoms with Gasteiger partial charge in [0.05, 0.1) is 20.3 Å². The van der Waals surface area contributed by atoms with E-state index in [9.17, 15) is 0 Å². The van der Waals surface area contributed by atoms with Gasteiger partial charge in [0.25, 0.3) is 0 Å². The van der Waals surface area contributed by atoms with E-state index < -0.39 is 0 Å². The molecule has 0 amide bonds. The molecular formula is C18H29N3O3. The van der Waals surface area contributed by atoms with Crippen LogP contribution in [0.15, 0.2) is 12.3 Å². The smallest absolute Gasteiger partial charge is 0.183 e. The minimum absolute atomic E-state index is 0.204. The molecule has 0 spiro atoms. The van der Waals surface area contributed by atoms with E-state index >= 15 is 0 Å². The fourth-order valence-corrected chi connectivity index (χ4v) is 3.93. The first kappa shape index (κ1) is 17.5. The third kappa shape index (κ3) is 3.82. The topological polar surface area (TPSA) is 69.8 Å². The Hall–Kier alpha value is -1.37. The van der Waals surface area contributed by atoms with E-state index in [0.29, 0.717) is 5.92 Å². The van der Waals surface area contributed by atoms with Crippen molar-refractivity contribution in [1.29, 1.82) is 0 Å². The van der Waals surface area contributed by atoms with Crippen LogP contribution in [-0.2, 0) is 11.3 Å². The summed E-state index contributed by atoms with van der Waals surface area (Å²) in [6.07, 6.45) is 6.46. The number of rotatable bonds is 5. The summed E-state index contributed by atoms with van der Waals surface area (Å²) in [5.41, 5.74) is 7.19. The fourth-order valence-electron chi connectivity index (χ4n) is 3.93. The lowest BCUT2D eigenvalue weighted by atomic mass is 9.85. The van der Waals surface area contributed by atoms with Crippen molar-refractivity contribution in [2.75, 3.05) is 33.9 Å². The Kier molecular flexibility index (Phi) is 5.92. The predicted molar refractivity (Wildman–Crippen MR) is 92.3 cm³/mol. The predicted octanol–water partition coefficient (Wildman–Crippen LogP) is 1.82. The van der Waals surface area contributed by atoms with Crippen LogP contribution < -0.4 is 15.2 Å². The molecule has 3 heterocycles. The highest BCUT2D eigenvalue weighted by molar-refractivity contribution is 5.42. The van der Waals surface area contributed by atoms with Gasteiger partial charge < -0.3 is 19.9 Å². The van der Waals surface area contributed by atoms with Crippen LogP contribution in [0, 0.1) is 5.92 Å². The lowest BCUT2D eigenvalue weighted by Gasteiger charge is -2.40. The highest BCUT2D eigenvalue weighted by Crippen LogP contribution is 2.32. The second-order valence-corrected chi connectivity index (χ2v) is 6.75. The highest BCUT2D eigenvalue weighted by Gasteiger charge is 2.33. The number of ether oxygens (including phenoxy) is 3. The van der Waals surface area contributed by atoms with E-state index in [4.69, 9.17) is 19.9 Å². The van der Waals surface area contributed by atoms with Crippen LogP contribution in [-0.4, -0.2) is 55.9 Å². The molecule has 2 fully saturated rings. The molecule has 0 radical (unpaired) electrons. The number of nitrogens with two attached hydrogens (primary N) is 1. The Morgan fingerprint density at radius 2 is 2.04 bits per heavy atom. The van der Waals surface area contributed by atoms with Gasteiger partial charge in [-0.25, -0.2) is 0 Å². The molecule has 2 aliphatic heterocycles. The molecule has 0 aromatic carbocycles. The number of hydrogen-bond acceptors (Lipinski definition) is 6. The minimum Gasteiger partial charge on any atom is -0.493 e. The summed E-state index contributed by atoms with van der Waals surface area (Å²) in [7, 11) is 3.32. The average Bonchev–Trinajstić information content (AvgIpc) is 2.62. The average molecular weight is 335 g/mol. The van der Waals surface area contributed by atoms with Gasteiger partial charge in [-0.3, -0.25) is 9.88 Å². The maximum atomic E-state index is 6.26. The molecule has 2 aliphatic rings. The van der Waals surface area contributed by atoms with Crippen LogP contribution in [0.2, 0.25) is 0 Å². The molecule has 1 aromatic rings. The molecule has 0 saturated carbocycles. The zero-order chi connectivity index (χ0) is 16.9. The molecule has 3 rings (SSSR count). The third-order valence-corrected chi connectivity index (χ3v) is 5.25. The molecular weight excluding hydrogens is 306 g/mol. The van der Waals surface area contributed by atoms with Crippen molar-refractivity contribution in [3.63, 3.8) is 0 Å². The Balaban J connectivity index is 1.58. The molecule has 2 unspecified atom stereocenters. The SMILES string of the molecule is COc1ccnc(CN2CCC(C3OCCCC3N)CC2)c1OC. The van der Waals surface area contributed by atoms with Crippen molar-refractivity contribution in [1.82, 2.24) is 9.88 Å². The van der Waals surface area contributed by atoms with Crippen molar-refractivity contribution >= 4 is 0 Å². The number of aromatic nitrogens is 1. The summed E-state index contributed by atoms with van der Waals surface area (Å²) in [4.78, 5) is 6.91. The lowest BCUT2D eigenvalue weighted by Crippen LogP contribution is -2.48. The Bertz CT molecular complexity index is 532. The Morgan fingerprint density at radius 3 is 2.71 bits per heavy atom. The van der Waals surface area contributed by atoms with Crippen LogP contribution in [0.3, 0.4) is 0 Å². The van der Waals surface area contributed by atoms with E-state index in [-0.39, 0.29) is 12.1 Å². The van der Waals surface area contributed by atoms with Crippen LogP contribution in [0.1, 0.15) is 31.4 Å². The fraction of sp³-hybridized carbons (Fsp3) is 0.722. The summed E-state index contributed by atoms with van der Waals surface area (Å²) >= 11 is 0. The standard InChI is InChI=1S/C18H29N3O3/c1-22-16-5-8-20-15(18(16)23-2)12-21-9-6-13(7-10-21)17-14(19)4-3-11-24-17/h5,8,13-14,17H,3-4,6-7,9-12,19H2,1-2H3. The van der Waals surface area contributed by atoms with E-state index in [1.807, 2.05) is 6.07 Å². The van der Waals surface area contributed by atoms with Gasteiger partial charge in [-0.2, -0.15) is 0 Å². The Morgan fingerprint density at radius 1 is 1.25 bits per heavy atom. The number of nitrogens with zero attached hydrogens (tertiary/aromatic N) is 2. The molecule has 2 saturated heterocycles. The number of likely N-dealkylation sites (tertiary alicyclic amines) is 1. The van der Waals surface area contributed by atoms with Gasteiger partial charge in [-0.15, -0.1) is 0 Å². The molecule has 2 N–H and O–H groups in total. The third-order valence-electron chi connectivity index (χ3n) is 5.25. The number of hydrogen-bond donors (Lipinski definition) is 1. The van der Waals surface area contributed by atoms with E-state index in [1.54, 1.807) is 20.4 Å². The minimum atomic E-state index is 0.204. The zero-order valence-corrected chi connectivity index (χ0v) is 14.7. The largest absolute Gasteiger partial charge is 0.493 e. The molecule has 0 bridgehead atoms. The first-order valence-corrected chi connectivity index (χ1v) is 8.88. The monoisotopic (exact) mass is 335 g/mol. The van der Waals surface area contributed by atoms with Crippen molar-refractivity contribution in [2.24, 2.45) is 11.7 Å². The second-order valence-electron chi connectivity index (χ2n) is 6.75. The van der Waals surface area contributed by atoms with Gasteiger partial charge in [-0.1, -0.05) is 0 Å². The zero-order valence-electron chi connectivity index (χ0n) is 14.7. The number of pyridine rings is 1. The maximum Gasteiger partial charge on any atom is 0.183 e. The van der Waals surface area contributed by atoms with Crippen molar-refractivity contribution in [3.05, 3.63) is 18.0 Å². The Labute approximate surface area is 144 Å². The molecule has 1 aromatic heterocycles. The quantitative estimate of drug-likeness (QED) is 0.885. The summed E-state index contributed by atoms with van der Waals surface area (Å²) in [6, 6.07) is 2.03. The molecule has 24 heavy (non-hydrogen) atoms. The van der Waals surface area contributed by atoms with E-state index in [1.165, 1.54) is 0 Å². The van der Waals surface area contributed by atoms with Gasteiger partial charge in [0.15, 0.2) is 11.5 Å². The molecule has 6 heteroatoms. The number of piperidine rings is 1. The van der Waals surface area contributed by atoms with Gasteiger partial charge in [0.2, 0.25) is 0 Å².